The van der Waals surface area contributed by atoms with E-state index in [0.29, 0.717) is 18.2 Å². The number of benzene rings is 2. The minimum absolute atomic E-state index is 0.0862. The van der Waals surface area contributed by atoms with Gasteiger partial charge in [0.1, 0.15) is 0 Å². The van der Waals surface area contributed by atoms with Crippen LogP contribution in [-0.4, -0.2) is 43.0 Å². The van der Waals surface area contributed by atoms with Crippen LogP contribution in [0.4, 0.5) is 13.9 Å². The Morgan fingerprint density at radius 2 is 1.88 bits per heavy atom. The summed E-state index contributed by atoms with van der Waals surface area (Å²) < 4.78 is 28.6. The summed E-state index contributed by atoms with van der Waals surface area (Å²) in [5.74, 6) is -2.44. The maximum Gasteiger partial charge on any atom is 0.260 e. The summed E-state index contributed by atoms with van der Waals surface area (Å²) in [5, 5.41) is 0.523. The standard InChI is InChI=1S/C18H16BrF2N3OS/c1-23(2)7-8-24(17(25)11-3-5-13(20)14(21)9-11)18-22-15-6-4-12(19)10-16(15)26-18/h3-6,9-10H,7-8H2,1-2H3. The fourth-order valence-electron chi connectivity index (χ4n) is 2.37. The van der Waals surface area contributed by atoms with Crippen molar-refractivity contribution >= 4 is 48.5 Å². The predicted octanol–water partition coefficient (Wildman–Crippen LogP) is 4.55. The van der Waals surface area contributed by atoms with E-state index in [1.54, 1.807) is 0 Å². The van der Waals surface area contributed by atoms with Crippen molar-refractivity contribution in [2.24, 2.45) is 0 Å². The topological polar surface area (TPSA) is 36.4 Å². The Bertz CT molecular complexity index is 961. The second-order valence-electron chi connectivity index (χ2n) is 6.00. The van der Waals surface area contributed by atoms with E-state index in [0.717, 1.165) is 26.8 Å². The zero-order valence-electron chi connectivity index (χ0n) is 14.2. The van der Waals surface area contributed by atoms with Crippen molar-refractivity contribution in [3.05, 3.63) is 58.1 Å². The van der Waals surface area contributed by atoms with Crippen molar-refractivity contribution in [2.75, 3.05) is 32.1 Å². The van der Waals surface area contributed by atoms with Gasteiger partial charge in [0.25, 0.3) is 5.91 Å². The molecule has 0 N–H and O–H groups in total. The highest BCUT2D eigenvalue weighted by Gasteiger charge is 2.22. The van der Waals surface area contributed by atoms with E-state index in [9.17, 15) is 13.6 Å². The Labute approximate surface area is 162 Å². The van der Waals surface area contributed by atoms with E-state index in [1.165, 1.54) is 22.3 Å². The van der Waals surface area contributed by atoms with Crippen LogP contribution in [0.5, 0.6) is 0 Å². The maximum absolute atomic E-state index is 13.6. The van der Waals surface area contributed by atoms with Gasteiger partial charge < -0.3 is 4.90 Å². The van der Waals surface area contributed by atoms with Crippen LogP contribution >= 0.6 is 27.3 Å². The SMILES string of the molecule is CN(C)CCN(C(=O)c1ccc(F)c(F)c1)c1nc2ccc(Br)cc2s1. The van der Waals surface area contributed by atoms with Gasteiger partial charge in [0.2, 0.25) is 0 Å². The van der Waals surface area contributed by atoms with Gasteiger partial charge in [-0.2, -0.15) is 0 Å². The molecule has 8 heteroatoms. The normalized spacial score (nSPS) is 11.3. The molecule has 26 heavy (non-hydrogen) atoms. The lowest BCUT2D eigenvalue weighted by molar-refractivity contribution is 0.0984. The van der Waals surface area contributed by atoms with E-state index >= 15 is 0 Å². The number of likely N-dealkylation sites (N-methyl/N-ethyl adjacent to an activating group) is 1. The van der Waals surface area contributed by atoms with Gasteiger partial charge in [-0.15, -0.1) is 0 Å². The fourth-order valence-corrected chi connectivity index (χ4v) is 3.91. The van der Waals surface area contributed by atoms with Crippen LogP contribution < -0.4 is 4.90 Å². The van der Waals surface area contributed by atoms with Crippen molar-refractivity contribution in [3.8, 4) is 0 Å². The summed E-state index contributed by atoms with van der Waals surface area (Å²) in [6, 6.07) is 8.85. The third-order valence-corrected chi connectivity index (χ3v) is 5.29. The molecule has 0 aliphatic rings. The number of halogens is 3. The average Bonchev–Trinajstić information content (AvgIpc) is 2.99. The number of rotatable bonds is 5. The minimum Gasteiger partial charge on any atom is -0.308 e. The molecule has 1 heterocycles. The molecular formula is C18H16BrF2N3OS. The molecule has 0 bridgehead atoms. The summed E-state index contributed by atoms with van der Waals surface area (Å²) >= 11 is 4.80. The Hall–Kier alpha value is -1.90. The highest BCUT2D eigenvalue weighted by molar-refractivity contribution is 9.10. The number of hydrogen-bond donors (Lipinski definition) is 0. The average molecular weight is 440 g/mol. The number of fused-ring (bicyclic) bond motifs is 1. The lowest BCUT2D eigenvalue weighted by atomic mass is 10.2. The van der Waals surface area contributed by atoms with Gasteiger partial charge in [0, 0.05) is 23.1 Å². The lowest BCUT2D eigenvalue weighted by Gasteiger charge is -2.22. The first kappa shape index (κ1) is 18.9. The number of aromatic nitrogens is 1. The zero-order chi connectivity index (χ0) is 18.8. The molecule has 4 nitrogen and oxygen atoms in total. The number of carbonyl (C=O) groups excluding carboxylic acids is 1. The molecule has 3 rings (SSSR count). The Morgan fingerprint density at radius 1 is 1.12 bits per heavy atom. The van der Waals surface area contributed by atoms with Gasteiger partial charge in [-0.1, -0.05) is 27.3 Å². The first-order valence-electron chi connectivity index (χ1n) is 7.83. The van der Waals surface area contributed by atoms with Crippen LogP contribution in [0.3, 0.4) is 0 Å². The molecule has 1 amide bonds. The highest BCUT2D eigenvalue weighted by Crippen LogP contribution is 2.31. The van der Waals surface area contributed by atoms with Crippen molar-refractivity contribution < 1.29 is 13.6 Å². The molecule has 0 unspecified atom stereocenters. The number of amides is 1. The second kappa shape index (κ2) is 7.77. The summed E-state index contributed by atoms with van der Waals surface area (Å²) in [4.78, 5) is 20.9. The maximum atomic E-state index is 13.6. The molecule has 0 aliphatic carbocycles. The number of nitrogens with zero attached hydrogens (tertiary/aromatic N) is 3. The Morgan fingerprint density at radius 3 is 2.58 bits per heavy atom. The lowest BCUT2D eigenvalue weighted by Crippen LogP contribution is -2.36. The largest absolute Gasteiger partial charge is 0.308 e. The molecular weight excluding hydrogens is 424 g/mol. The van der Waals surface area contributed by atoms with Crippen molar-refractivity contribution in [3.63, 3.8) is 0 Å². The van der Waals surface area contributed by atoms with E-state index < -0.39 is 17.5 Å². The molecule has 1 aromatic heterocycles. The van der Waals surface area contributed by atoms with Crippen LogP contribution in [0.1, 0.15) is 10.4 Å². The van der Waals surface area contributed by atoms with Gasteiger partial charge in [0.15, 0.2) is 16.8 Å². The van der Waals surface area contributed by atoms with Gasteiger partial charge >= 0.3 is 0 Å². The van der Waals surface area contributed by atoms with Gasteiger partial charge in [-0.05, 0) is 50.5 Å². The number of thiazole rings is 1. The first-order valence-corrected chi connectivity index (χ1v) is 9.44. The summed E-state index contributed by atoms with van der Waals surface area (Å²) in [6.45, 7) is 0.987. The summed E-state index contributed by atoms with van der Waals surface area (Å²) in [6.07, 6.45) is 0. The number of hydrogen-bond acceptors (Lipinski definition) is 4. The van der Waals surface area contributed by atoms with Crippen LogP contribution in [0.15, 0.2) is 40.9 Å². The molecule has 0 fully saturated rings. The van der Waals surface area contributed by atoms with Crippen LogP contribution in [-0.2, 0) is 0 Å². The molecule has 0 radical (unpaired) electrons. The van der Waals surface area contributed by atoms with E-state index in [2.05, 4.69) is 20.9 Å². The van der Waals surface area contributed by atoms with Crippen LogP contribution in [0.2, 0.25) is 0 Å². The zero-order valence-corrected chi connectivity index (χ0v) is 16.6. The van der Waals surface area contributed by atoms with Crippen LogP contribution in [0.25, 0.3) is 10.2 Å². The third kappa shape index (κ3) is 4.08. The molecule has 0 saturated carbocycles. The summed E-state index contributed by atoms with van der Waals surface area (Å²) in [5.41, 5.74) is 0.865. The highest BCUT2D eigenvalue weighted by atomic mass is 79.9. The third-order valence-electron chi connectivity index (χ3n) is 3.75. The molecule has 136 valence electrons. The Balaban J connectivity index is 1.99. The first-order chi connectivity index (χ1) is 12.3. The molecule has 3 aromatic rings. The van der Waals surface area contributed by atoms with Crippen molar-refractivity contribution in [1.82, 2.24) is 9.88 Å². The van der Waals surface area contributed by atoms with E-state index in [4.69, 9.17) is 0 Å². The molecule has 0 atom stereocenters. The second-order valence-corrected chi connectivity index (χ2v) is 7.92. The molecule has 0 saturated heterocycles. The van der Waals surface area contributed by atoms with Crippen molar-refractivity contribution in [1.29, 1.82) is 0 Å². The van der Waals surface area contributed by atoms with Gasteiger partial charge in [-0.25, -0.2) is 13.8 Å². The Kier molecular flexibility index (Phi) is 5.64. The molecule has 2 aromatic carbocycles. The van der Waals surface area contributed by atoms with Gasteiger partial charge in [-0.3, -0.25) is 9.69 Å². The van der Waals surface area contributed by atoms with E-state index in [1.807, 2.05) is 37.2 Å². The molecule has 0 spiro atoms. The quantitative estimate of drug-likeness (QED) is 0.585. The van der Waals surface area contributed by atoms with Crippen LogP contribution in [0, 0.1) is 11.6 Å². The monoisotopic (exact) mass is 439 g/mol. The fraction of sp³-hybridized carbons (Fsp3) is 0.222. The smallest absolute Gasteiger partial charge is 0.260 e. The molecule has 0 aliphatic heterocycles. The van der Waals surface area contributed by atoms with Gasteiger partial charge in [0.05, 0.1) is 10.2 Å². The number of carbonyl (C=O) groups is 1. The van der Waals surface area contributed by atoms with E-state index in [-0.39, 0.29) is 5.56 Å². The number of anilines is 1. The van der Waals surface area contributed by atoms with Crippen molar-refractivity contribution in [2.45, 2.75) is 0 Å². The summed E-state index contributed by atoms with van der Waals surface area (Å²) in [7, 11) is 3.80. The predicted molar refractivity (Wildman–Crippen MR) is 104 cm³/mol. The minimum atomic E-state index is -1.04.